The third kappa shape index (κ3) is 5.07. The van der Waals surface area contributed by atoms with Gasteiger partial charge in [0, 0.05) is 5.69 Å². The quantitative estimate of drug-likeness (QED) is 0.436. The second kappa shape index (κ2) is 8.66. The minimum Gasteiger partial charge on any atom is -0.504 e. The molecule has 0 aliphatic heterocycles. The number of ether oxygens (including phenoxy) is 1. The highest BCUT2D eigenvalue weighted by atomic mass is 16.5. The molecular formula is C19H21N3O4. The first kappa shape index (κ1) is 19.0. The SMILES string of the molecule is CCOc1cc(/C=N\NC(=O)C(=O)Nc2ccc(C)c(C)c2)ccc1O. The van der Waals surface area contributed by atoms with Gasteiger partial charge in [-0.25, -0.2) is 5.43 Å². The van der Waals surface area contributed by atoms with Crippen LogP contribution >= 0.6 is 0 Å². The first-order valence-electron chi connectivity index (χ1n) is 8.08. The molecule has 26 heavy (non-hydrogen) atoms. The number of aryl methyl sites for hydroxylation is 2. The predicted molar refractivity (Wildman–Crippen MR) is 99.6 cm³/mol. The van der Waals surface area contributed by atoms with Crippen molar-refractivity contribution >= 4 is 23.7 Å². The van der Waals surface area contributed by atoms with Gasteiger partial charge in [0.1, 0.15) is 0 Å². The molecule has 136 valence electrons. The lowest BCUT2D eigenvalue weighted by Gasteiger charge is -2.07. The fourth-order valence-electron chi connectivity index (χ4n) is 2.11. The maximum absolute atomic E-state index is 11.9. The summed E-state index contributed by atoms with van der Waals surface area (Å²) in [5, 5.41) is 15.9. The molecule has 0 aromatic heterocycles. The Morgan fingerprint density at radius 2 is 1.88 bits per heavy atom. The molecule has 0 heterocycles. The minimum absolute atomic E-state index is 0.0146. The third-order valence-electron chi connectivity index (χ3n) is 3.63. The summed E-state index contributed by atoms with van der Waals surface area (Å²) in [6.07, 6.45) is 1.35. The van der Waals surface area contributed by atoms with Gasteiger partial charge in [-0.1, -0.05) is 6.07 Å². The number of phenols is 1. The summed E-state index contributed by atoms with van der Waals surface area (Å²) >= 11 is 0. The van der Waals surface area contributed by atoms with E-state index < -0.39 is 11.8 Å². The molecule has 2 aromatic rings. The molecule has 0 atom stereocenters. The number of nitrogens with one attached hydrogen (secondary N) is 2. The van der Waals surface area contributed by atoms with Gasteiger partial charge in [0.15, 0.2) is 11.5 Å². The largest absolute Gasteiger partial charge is 0.504 e. The van der Waals surface area contributed by atoms with E-state index in [1.54, 1.807) is 31.2 Å². The number of carbonyl (C=O) groups is 2. The van der Waals surface area contributed by atoms with Crippen molar-refractivity contribution in [2.45, 2.75) is 20.8 Å². The van der Waals surface area contributed by atoms with Crippen LogP contribution in [-0.4, -0.2) is 29.7 Å². The molecule has 2 amide bonds. The molecule has 0 saturated carbocycles. The van der Waals surface area contributed by atoms with Crippen molar-refractivity contribution in [1.82, 2.24) is 5.43 Å². The van der Waals surface area contributed by atoms with Gasteiger partial charge in [-0.3, -0.25) is 9.59 Å². The highest BCUT2D eigenvalue weighted by molar-refractivity contribution is 6.39. The standard InChI is InChI=1S/C19H21N3O4/c1-4-26-17-10-14(6-8-16(17)23)11-20-22-19(25)18(24)21-15-7-5-12(2)13(3)9-15/h5-11,23H,4H2,1-3H3,(H,21,24)(H,22,25)/b20-11-. The van der Waals surface area contributed by atoms with E-state index in [9.17, 15) is 14.7 Å². The predicted octanol–water partition coefficient (Wildman–Crippen LogP) is 2.50. The Morgan fingerprint density at radius 3 is 2.58 bits per heavy atom. The highest BCUT2D eigenvalue weighted by Crippen LogP contribution is 2.26. The van der Waals surface area contributed by atoms with Crippen LogP contribution in [0.2, 0.25) is 0 Å². The van der Waals surface area contributed by atoms with Crippen LogP contribution in [-0.2, 0) is 9.59 Å². The number of benzene rings is 2. The van der Waals surface area contributed by atoms with E-state index in [1.807, 2.05) is 19.9 Å². The van der Waals surface area contributed by atoms with Crippen molar-refractivity contribution in [2.24, 2.45) is 5.10 Å². The van der Waals surface area contributed by atoms with E-state index in [2.05, 4.69) is 15.8 Å². The maximum Gasteiger partial charge on any atom is 0.329 e. The molecule has 7 heteroatoms. The van der Waals surface area contributed by atoms with E-state index >= 15 is 0 Å². The van der Waals surface area contributed by atoms with Crippen LogP contribution in [0, 0.1) is 13.8 Å². The van der Waals surface area contributed by atoms with E-state index in [4.69, 9.17) is 4.74 Å². The van der Waals surface area contributed by atoms with Crippen molar-refractivity contribution in [3.05, 3.63) is 53.1 Å². The van der Waals surface area contributed by atoms with Crippen molar-refractivity contribution in [1.29, 1.82) is 0 Å². The maximum atomic E-state index is 11.9. The number of nitrogens with zero attached hydrogens (tertiary/aromatic N) is 1. The van der Waals surface area contributed by atoms with Gasteiger partial charge in [-0.2, -0.15) is 5.10 Å². The molecular weight excluding hydrogens is 334 g/mol. The molecule has 0 aliphatic carbocycles. The zero-order chi connectivity index (χ0) is 19.1. The van der Waals surface area contributed by atoms with Gasteiger partial charge >= 0.3 is 11.8 Å². The Morgan fingerprint density at radius 1 is 1.12 bits per heavy atom. The van der Waals surface area contributed by atoms with E-state index in [-0.39, 0.29) is 5.75 Å². The lowest BCUT2D eigenvalue weighted by molar-refractivity contribution is -0.136. The Bertz CT molecular complexity index is 847. The van der Waals surface area contributed by atoms with Crippen molar-refractivity contribution in [3.63, 3.8) is 0 Å². The Labute approximate surface area is 151 Å². The normalized spacial score (nSPS) is 10.6. The highest BCUT2D eigenvalue weighted by Gasteiger charge is 2.13. The van der Waals surface area contributed by atoms with Crippen LogP contribution in [0.1, 0.15) is 23.6 Å². The molecule has 0 unspecified atom stereocenters. The monoisotopic (exact) mass is 355 g/mol. The van der Waals surface area contributed by atoms with Crippen molar-refractivity contribution in [3.8, 4) is 11.5 Å². The number of hydrazone groups is 1. The van der Waals surface area contributed by atoms with Crippen molar-refractivity contribution < 1.29 is 19.4 Å². The van der Waals surface area contributed by atoms with Gasteiger partial charge < -0.3 is 15.2 Å². The molecule has 2 rings (SSSR count). The lowest BCUT2D eigenvalue weighted by atomic mass is 10.1. The zero-order valence-corrected chi connectivity index (χ0v) is 14.9. The van der Waals surface area contributed by atoms with Crippen molar-refractivity contribution in [2.75, 3.05) is 11.9 Å². The number of carbonyl (C=O) groups excluding carboxylic acids is 2. The number of amides is 2. The summed E-state index contributed by atoms with van der Waals surface area (Å²) in [5.41, 5.74) is 5.40. The summed E-state index contributed by atoms with van der Waals surface area (Å²) in [5.74, 6) is -1.37. The number of hydrogen-bond donors (Lipinski definition) is 3. The van der Waals surface area contributed by atoms with Gasteiger partial charge in [0.2, 0.25) is 0 Å². The second-order valence-corrected chi connectivity index (χ2v) is 5.61. The smallest absolute Gasteiger partial charge is 0.329 e. The topological polar surface area (TPSA) is 100 Å². The molecule has 3 N–H and O–H groups in total. The molecule has 0 aliphatic rings. The average Bonchev–Trinajstić information content (AvgIpc) is 2.61. The fourth-order valence-corrected chi connectivity index (χ4v) is 2.11. The number of phenolic OH excluding ortho intramolecular Hbond substituents is 1. The Balaban J connectivity index is 1.94. The van der Waals surface area contributed by atoms with E-state index in [0.29, 0.717) is 23.6 Å². The fraction of sp³-hybridized carbons (Fsp3) is 0.211. The van der Waals surface area contributed by atoms with Crippen LogP contribution in [0.3, 0.4) is 0 Å². The first-order chi connectivity index (χ1) is 12.4. The van der Waals surface area contributed by atoms with Gasteiger partial charge in [-0.15, -0.1) is 0 Å². The number of anilines is 1. The Hall–Kier alpha value is -3.35. The van der Waals surface area contributed by atoms with Crippen LogP contribution in [0.25, 0.3) is 0 Å². The summed E-state index contributed by atoms with van der Waals surface area (Å²) in [6.45, 7) is 6.09. The van der Waals surface area contributed by atoms with Gasteiger partial charge in [0.25, 0.3) is 0 Å². The molecule has 2 aromatic carbocycles. The van der Waals surface area contributed by atoms with E-state index in [0.717, 1.165) is 11.1 Å². The van der Waals surface area contributed by atoms with Gasteiger partial charge in [0.05, 0.1) is 12.8 Å². The second-order valence-electron chi connectivity index (χ2n) is 5.61. The summed E-state index contributed by atoms with van der Waals surface area (Å²) in [4.78, 5) is 23.7. The van der Waals surface area contributed by atoms with Crippen LogP contribution < -0.4 is 15.5 Å². The first-order valence-corrected chi connectivity index (χ1v) is 8.08. The number of hydrogen-bond acceptors (Lipinski definition) is 5. The summed E-state index contributed by atoms with van der Waals surface area (Å²) in [7, 11) is 0. The molecule has 0 radical (unpaired) electrons. The minimum atomic E-state index is -0.886. The van der Waals surface area contributed by atoms with Gasteiger partial charge in [-0.05, 0) is 67.8 Å². The van der Waals surface area contributed by atoms with Crippen LogP contribution in [0.4, 0.5) is 5.69 Å². The third-order valence-corrected chi connectivity index (χ3v) is 3.63. The molecule has 0 fully saturated rings. The summed E-state index contributed by atoms with van der Waals surface area (Å²) in [6, 6.07) is 10.0. The lowest BCUT2D eigenvalue weighted by Crippen LogP contribution is -2.32. The number of rotatable bonds is 5. The average molecular weight is 355 g/mol. The molecule has 0 spiro atoms. The van der Waals surface area contributed by atoms with Crippen LogP contribution in [0.15, 0.2) is 41.5 Å². The van der Waals surface area contributed by atoms with E-state index in [1.165, 1.54) is 12.3 Å². The molecule has 7 nitrogen and oxygen atoms in total. The zero-order valence-electron chi connectivity index (χ0n) is 14.9. The van der Waals surface area contributed by atoms with Crippen LogP contribution in [0.5, 0.6) is 11.5 Å². The number of aromatic hydroxyl groups is 1. The Kier molecular flexibility index (Phi) is 6.32. The molecule has 0 saturated heterocycles. The summed E-state index contributed by atoms with van der Waals surface area (Å²) < 4.78 is 5.26. The molecule has 0 bridgehead atoms.